The Hall–Kier alpha value is -3.61. The Morgan fingerprint density at radius 3 is 2.17 bits per heavy atom. The molecule has 0 unspecified atom stereocenters. The Morgan fingerprint density at radius 1 is 0.943 bits per heavy atom. The summed E-state index contributed by atoms with van der Waals surface area (Å²) in [7, 11) is 2.97. The monoisotopic (exact) mass is 598 g/mol. The lowest BCUT2D eigenvalue weighted by atomic mass is 10.1. The maximum absolute atomic E-state index is 12.8. The fourth-order valence-electron chi connectivity index (χ4n) is 3.06. The van der Waals surface area contributed by atoms with E-state index in [4.69, 9.17) is 14.2 Å². The second-order valence-corrected chi connectivity index (χ2v) is 8.96. The number of anilines is 1. The van der Waals surface area contributed by atoms with Crippen molar-refractivity contribution in [3.63, 3.8) is 0 Å². The molecule has 0 aromatic heterocycles. The second-order valence-electron chi connectivity index (χ2n) is 7.26. The summed E-state index contributed by atoms with van der Waals surface area (Å²) in [4.78, 5) is 25.2. The van der Waals surface area contributed by atoms with E-state index in [9.17, 15) is 14.9 Å². The van der Waals surface area contributed by atoms with Crippen LogP contribution >= 0.6 is 31.9 Å². The summed E-state index contributed by atoms with van der Waals surface area (Å²) in [6.07, 6.45) is 1.42. The standard InChI is InChI=1S/C26H20Br2N2O5/c1-15-10-20(27)24(21(28)11-15)30-25(31)18(14-29)12-16-4-9-22(23(13-16)34-3)35-26(32)17-5-7-19(33-2)8-6-17/h4-13H,1-3H3,(H,30,31)/b18-12+. The Morgan fingerprint density at radius 2 is 1.60 bits per heavy atom. The van der Waals surface area contributed by atoms with Crippen molar-refractivity contribution in [3.8, 4) is 23.3 Å². The molecule has 0 bridgehead atoms. The van der Waals surface area contributed by atoms with Crippen LogP contribution in [0.2, 0.25) is 0 Å². The number of nitrogens with one attached hydrogen (secondary N) is 1. The topological polar surface area (TPSA) is 97.7 Å². The van der Waals surface area contributed by atoms with Gasteiger partial charge in [0.25, 0.3) is 5.91 Å². The average Bonchev–Trinajstić information content (AvgIpc) is 2.85. The number of ether oxygens (including phenoxy) is 3. The SMILES string of the molecule is COc1ccc(C(=O)Oc2ccc(/C=C(\C#N)C(=O)Nc3c(Br)cc(C)cc3Br)cc2OC)cc1. The maximum atomic E-state index is 12.8. The number of carbonyl (C=O) groups is 2. The van der Waals surface area contributed by atoms with Gasteiger partial charge in [0.15, 0.2) is 11.5 Å². The molecule has 0 atom stereocenters. The van der Waals surface area contributed by atoms with E-state index in [1.807, 2.05) is 25.1 Å². The van der Waals surface area contributed by atoms with Gasteiger partial charge in [-0.25, -0.2) is 4.79 Å². The minimum absolute atomic E-state index is 0.116. The van der Waals surface area contributed by atoms with E-state index in [0.717, 1.165) is 5.56 Å². The number of halogens is 2. The van der Waals surface area contributed by atoms with Crippen molar-refractivity contribution >= 4 is 55.5 Å². The van der Waals surface area contributed by atoms with Gasteiger partial charge in [-0.1, -0.05) is 6.07 Å². The van der Waals surface area contributed by atoms with Crippen molar-refractivity contribution in [3.05, 3.63) is 85.8 Å². The summed E-state index contributed by atoms with van der Waals surface area (Å²) in [5.41, 5.74) is 2.25. The average molecular weight is 600 g/mol. The molecule has 0 aliphatic rings. The highest BCUT2D eigenvalue weighted by Gasteiger charge is 2.16. The van der Waals surface area contributed by atoms with E-state index >= 15 is 0 Å². The third-order valence-corrected chi connectivity index (χ3v) is 6.07. The molecular formula is C26H20Br2N2O5. The van der Waals surface area contributed by atoms with Crippen LogP contribution in [0.3, 0.4) is 0 Å². The molecule has 35 heavy (non-hydrogen) atoms. The zero-order chi connectivity index (χ0) is 25.5. The van der Waals surface area contributed by atoms with Crippen LogP contribution in [-0.2, 0) is 4.79 Å². The molecule has 0 saturated carbocycles. The molecule has 0 spiro atoms. The van der Waals surface area contributed by atoms with Gasteiger partial charge in [0.1, 0.15) is 17.4 Å². The molecule has 0 heterocycles. The fourth-order valence-corrected chi connectivity index (χ4v) is 4.67. The molecule has 0 aliphatic carbocycles. The van der Waals surface area contributed by atoms with E-state index in [2.05, 4.69) is 37.2 Å². The van der Waals surface area contributed by atoms with E-state index < -0.39 is 11.9 Å². The van der Waals surface area contributed by atoms with E-state index in [1.54, 1.807) is 36.4 Å². The van der Waals surface area contributed by atoms with E-state index in [1.165, 1.54) is 26.4 Å². The first-order chi connectivity index (χ1) is 16.7. The zero-order valence-electron chi connectivity index (χ0n) is 19.0. The van der Waals surface area contributed by atoms with Crippen molar-refractivity contribution in [1.29, 1.82) is 5.26 Å². The smallest absolute Gasteiger partial charge is 0.343 e. The first kappa shape index (κ1) is 26.0. The summed E-state index contributed by atoms with van der Waals surface area (Å²) in [6.45, 7) is 1.92. The minimum atomic E-state index is -0.577. The molecule has 0 fully saturated rings. The Labute approximate surface area is 219 Å². The Bertz CT molecular complexity index is 1320. The molecule has 3 aromatic carbocycles. The van der Waals surface area contributed by atoms with Crippen molar-refractivity contribution in [2.45, 2.75) is 6.92 Å². The lowest BCUT2D eigenvalue weighted by Gasteiger charge is -2.11. The summed E-state index contributed by atoms with van der Waals surface area (Å²) >= 11 is 6.85. The number of amides is 1. The number of rotatable bonds is 7. The number of carbonyl (C=O) groups excluding carboxylic acids is 2. The van der Waals surface area contributed by atoms with E-state index in [0.29, 0.717) is 31.5 Å². The lowest BCUT2D eigenvalue weighted by molar-refractivity contribution is -0.112. The molecule has 0 aliphatic heterocycles. The molecule has 3 rings (SSSR count). The van der Waals surface area contributed by atoms with Crippen molar-refractivity contribution in [2.24, 2.45) is 0 Å². The van der Waals surface area contributed by atoms with Gasteiger partial charge in [0, 0.05) is 8.95 Å². The number of nitrogens with zero attached hydrogens (tertiary/aromatic N) is 1. The second kappa shape index (κ2) is 11.7. The largest absolute Gasteiger partial charge is 0.497 e. The van der Waals surface area contributed by atoms with Crippen LogP contribution in [0.4, 0.5) is 5.69 Å². The van der Waals surface area contributed by atoms with Crippen molar-refractivity contribution in [1.82, 2.24) is 0 Å². The number of hydrogen-bond acceptors (Lipinski definition) is 6. The maximum Gasteiger partial charge on any atom is 0.343 e. The van der Waals surface area contributed by atoms with Gasteiger partial charge in [0.05, 0.1) is 25.5 Å². The fraction of sp³-hybridized carbons (Fsp3) is 0.115. The molecule has 7 nitrogen and oxygen atoms in total. The first-order valence-corrected chi connectivity index (χ1v) is 11.8. The van der Waals surface area contributed by atoms with Gasteiger partial charge < -0.3 is 19.5 Å². The third-order valence-electron chi connectivity index (χ3n) is 4.82. The highest BCUT2D eigenvalue weighted by molar-refractivity contribution is 9.11. The van der Waals surface area contributed by atoms with Gasteiger partial charge >= 0.3 is 5.97 Å². The number of esters is 1. The van der Waals surface area contributed by atoms with Gasteiger partial charge in [0.2, 0.25) is 0 Å². The summed E-state index contributed by atoms with van der Waals surface area (Å²) in [5, 5.41) is 12.3. The predicted molar refractivity (Wildman–Crippen MR) is 140 cm³/mol. The Balaban J connectivity index is 1.81. The van der Waals surface area contributed by atoms with Crippen LogP contribution in [0.25, 0.3) is 6.08 Å². The normalized spacial score (nSPS) is 10.8. The molecule has 0 radical (unpaired) electrons. The van der Waals surface area contributed by atoms with E-state index in [-0.39, 0.29) is 17.1 Å². The van der Waals surface area contributed by atoms with Crippen LogP contribution in [0, 0.1) is 18.3 Å². The number of nitriles is 1. The van der Waals surface area contributed by atoms with Gasteiger partial charge in [-0.15, -0.1) is 0 Å². The highest BCUT2D eigenvalue weighted by atomic mass is 79.9. The Kier molecular flexibility index (Phi) is 8.68. The molecule has 178 valence electrons. The molecule has 1 N–H and O–H groups in total. The molecule has 9 heteroatoms. The van der Waals surface area contributed by atoms with Crippen molar-refractivity contribution in [2.75, 3.05) is 19.5 Å². The number of benzene rings is 3. The zero-order valence-corrected chi connectivity index (χ0v) is 22.2. The van der Waals surface area contributed by atoms with Crippen LogP contribution < -0.4 is 19.5 Å². The molecular weight excluding hydrogens is 580 g/mol. The van der Waals surface area contributed by atoms with Crippen LogP contribution in [0.5, 0.6) is 17.2 Å². The third kappa shape index (κ3) is 6.50. The van der Waals surface area contributed by atoms with Crippen LogP contribution in [-0.4, -0.2) is 26.1 Å². The quantitative estimate of drug-likeness (QED) is 0.148. The van der Waals surface area contributed by atoms with Crippen LogP contribution in [0.15, 0.2) is 69.1 Å². The number of aryl methyl sites for hydroxylation is 1. The van der Waals surface area contributed by atoms with Gasteiger partial charge in [-0.2, -0.15) is 5.26 Å². The molecule has 1 amide bonds. The lowest BCUT2D eigenvalue weighted by Crippen LogP contribution is -2.14. The molecule has 3 aromatic rings. The summed E-state index contributed by atoms with van der Waals surface area (Å²) < 4.78 is 17.3. The highest BCUT2D eigenvalue weighted by Crippen LogP contribution is 2.33. The van der Waals surface area contributed by atoms with Crippen molar-refractivity contribution < 1.29 is 23.8 Å². The van der Waals surface area contributed by atoms with Gasteiger partial charge in [-0.3, -0.25) is 4.79 Å². The number of hydrogen-bond donors (Lipinski definition) is 1. The van der Waals surface area contributed by atoms with Gasteiger partial charge in [-0.05, 0) is 105 Å². The predicted octanol–water partition coefficient (Wildman–Crippen LogP) is 6.30. The summed E-state index contributed by atoms with van der Waals surface area (Å²) in [5.74, 6) is -0.0645. The summed E-state index contributed by atoms with van der Waals surface area (Å²) in [6, 6.07) is 16.8. The first-order valence-electron chi connectivity index (χ1n) is 10.2. The minimum Gasteiger partial charge on any atom is -0.497 e. The number of methoxy groups -OCH3 is 2. The van der Waals surface area contributed by atoms with Crippen LogP contribution in [0.1, 0.15) is 21.5 Å². The molecule has 0 saturated heterocycles.